The summed E-state index contributed by atoms with van der Waals surface area (Å²) in [6, 6.07) is 10.2. The van der Waals surface area contributed by atoms with E-state index < -0.39 is 6.03 Å². The summed E-state index contributed by atoms with van der Waals surface area (Å²) >= 11 is 0. The number of anilines is 4. The molecule has 3 aromatic heterocycles. The number of ketones is 1. The predicted molar refractivity (Wildman–Crippen MR) is 184 cm³/mol. The van der Waals surface area contributed by atoms with E-state index in [1.54, 1.807) is 61.7 Å². The van der Waals surface area contributed by atoms with Gasteiger partial charge in [-0.15, -0.1) is 0 Å². The maximum Gasteiger partial charge on any atom is 0.323 e. The minimum absolute atomic E-state index is 0.0172. The highest BCUT2D eigenvalue weighted by Crippen LogP contribution is 2.37. The zero-order valence-electron chi connectivity index (χ0n) is 27.2. The van der Waals surface area contributed by atoms with E-state index in [0.29, 0.717) is 35.9 Å². The minimum atomic E-state index is -0.455. The molecule has 0 saturated carbocycles. The molecule has 3 aliphatic rings. The molecule has 48 heavy (non-hydrogen) atoms. The number of allylic oxidation sites excluding steroid dienone is 1. The van der Waals surface area contributed by atoms with Crippen LogP contribution in [0.15, 0.2) is 60.7 Å². The third-order valence-electron chi connectivity index (χ3n) is 9.04. The molecule has 13 nitrogen and oxygen atoms in total. The zero-order chi connectivity index (χ0) is 33.4. The summed E-state index contributed by atoms with van der Waals surface area (Å²) in [5.41, 5.74) is 3.97. The molecule has 2 fully saturated rings. The van der Waals surface area contributed by atoms with Crippen molar-refractivity contribution < 1.29 is 23.9 Å². The number of pyridine rings is 2. The van der Waals surface area contributed by atoms with Gasteiger partial charge in [-0.05, 0) is 55.3 Å². The number of hydrogen-bond donors (Lipinski definition) is 2. The highest BCUT2D eigenvalue weighted by Gasteiger charge is 2.30. The van der Waals surface area contributed by atoms with Crippen LogP contribution in [0, 0.1) is 5.92 Å². The Morgan fingerprint density at radius 3 is 2.44 bits per heavy atom. The summed E-state index contributed by atoms with van der Waals surface area (Å²) < 4.78 is 13.4. The second kappa shape index (κ2) is 13.0. The van der Waals surface area contributed by atoms with Crippen LogP contribution in [-0.4, -0.2) is 90.6 Å². The largest absolute Gasteiger partial charge is 0.452 e. The summed E-state index contributed by atoms with van der Waals surface area (Å²) in [5.74, 6) is 1.36. The fourth-order valence-electron chi connectivity index (χ4n) is 6.57. The molecule has 4 aromatic rings. The van der Waals surface area contributed by atoms with Crippen molar-refractivity contribution in [3.05, 3.63) is 71.9 Å². The van der Waals surface area contributed by atoms with Gasteiger partial charge in [-0.1, -0.05) is 0 Å². The molecule has 3 amide bonds. The van der Waals surface area contributed by atoms with Crippen LogP contribution >= 0.6 is 0 Å². The second-order valence-electron chi connectivity index (χ2n) is 12.5. The van der Waals surface area contributed by atoms with E-state index in [1.165, 1.54) is 0 Å². The summed E-state index contributed by atoms with van der Waals surface area (Å²) in [6.07, 6.45) is 8.65. The van der Waals surface area contributed by atoms with E-state index in [1.807, 2.05) is 29.9 Å². The van der Waals surface area contributed by atoms with Crippen molar-refractivity contribution in [3.63, 3.8) is 0 Å². The van der Waals surface area contributed by atoms with Gasteiger partial charge >= 0.3 is 6.03 Å². The first-order valence-electron chi connectivity index (χ1n) is 16.1. The number of rotatable bonds is 6. The lowest BCUT2D eigenvalue weighted by Crippen LogP contribution is -2.40. The molecule has 248 valence electrons. The van der Waals surface area contributed by atoms with E-state index in [4.69, 9.17) is 9.47 Å². The smallest absolute Gasteiger partial charge is 0.323 e. The van der Waals surface area contributed by atoms with Crippen LogP contribution in [0.25, 0.3) is 17.1 Å². The van der Waals surface area contributed by atoms with Gasteiger partial charge in [0.15, 0.2) is 5.76 Å². The zero-order valence-corrected chi connectivity index (χ0v) is 27.2. The van der Waals surface area contributed by atoms with Crippen LogP contribution in [0.4, 0.5) is 27.7 Å². The van der Waals surface area contributed by atoms with Crippen molar-refractivity contribution >= 4 is 57.7 Å². The number of fused-ring (bicyclic) bond motifs is 2. The molecule has 1 aromatic carbocycles. The van der Waals surface area contributed by atoms with E-state index in [2.05, 4.69) is 30.4 Å². The number of nitrogens with zero attached hydrogens (tertiary/aromatic N) is 6. The molecule has 2 N–H and O–H groups in total. The predicted octanol–water partition coefficient (Wildman–Crippen LogP) is 4.37. The maximum atomic E-state index is 13.6. The quantitative estimate of drug-likeness (QED) is 0.292. The summed E-state index contributed by atoms with van der Waals surface area (Å²) in [5, 5.41) is 6.51. The maximum absolute atomic E-state index is 13.6. The van der Waals surface area contributed by atoms with Crippen LogP contribution in [0.5, 0.6) is 5.75 Å². The molecule has 0 unspecified atom stereocenters. The number of nitrogens with one attached hydrogen (secondary N) is 2. The Bertz CT molecular complexity index is 1900. The first-order chi connectivity index (χ1) is 23.2. The van der Waals surface area contributed by atoms with Gasteiger partial charge in [0, 0.05) is 88.0 Å². The van der Waals surface area contributed by atoms with E-state index >= 15 is 0 Å². The van der Waals surface area contributed by atoms with Gasteiger partial charge in [0.25, 0.3) is 0 Å². The van der Waals surface area contributed by atoms with Crippen LogP contribution in [0.3, 0.4) is 0 Å². The van der Waals surface area contributed by atoms with Gasteiger partial charge in [-0.3, -0.25) is 9.59 Å². The Kier molecular flexibility index (Phi) is 8.44. The van der Waals surface area contributed by atoms with Crippen molar-refractivity contribution in [3.8, 4) is 5.75 Å². The van der Waals surface area contributed by atoms with Gasteiger partial charge in [0.2, 0.25) is 11.7 Å². The number of carbonyl (C=O) groups excluding carboxylic acids is 3. The number of piperidine rings is 1. The molecule has 0 aliphatic carbocycles. The Balaban J connectivity index is 1.05. The van der Waals surface area contributed by atoms with Gasteiger partial charge in [0.1, 0.15) is 17.2 Å². The number of carbonyl (C=O) groups is 3. The lowest BCUT2D eigenvalue weighted by atomic mass is 9.95. The molecular weight excluding hydrogens is 612 g/mol. The number of amides is 3. The number of hydrogen-bond acceptors (Lipinski definition) is 9. The molecule has 0 bridgehead atoms. The average molecular weight is 651 g/mol. The monoisotopic (exact) mass is 650 g/mol. The van der Waals surface area contributed by atoms with Crippen LogP contribution in [0.2, 0.25) is 0 Å². The number of urea groups is 1. The van der Waals surface area contributed by atoms with Crippen molar-refractivity contribution in [2.45, 2.75) is 12.8 Å². The molecule has 0 spiro atoms. The topological polar surface area (TPSA) is 134 Å². The van der Waals surface area contributed by atoms with Crippen LogP contribution in [-0.2, 0) is 16.6 Å². The second-order valence-corrected chi connectivity index (χ2v) is 12.5. The number of aryl methyl sites for hydroxylation is 1. The fraction of sp³-hybridized carbons (Fsp3) is 0.343. The van der Waals surface area contributed by atoms with Crippen LogP contribution < -0.4 is 25.2 Å². The molecular formula is C35H38N8O5. The molecule has 3 aliphatic heterocycles. The Morgan fingerprint density at radius 1 is 0.958 bits per heavy atom. The SMILES string of the molecule is CN(C)C(=O)C1CCN(c2ccnc3c2c(C=C2Oc4ccc(NC(=O)Nc5ccc(N6CCOCC6)nc5)cc4C2=O)cn3C)CC1. The molecule has 0 radical (unpaired) electrons. The number of Topliss-reactive ketones (excluding diaryl/α,β-unsaturated/α-hetero) is 1. The highest BCUT2D eigenvalue weighted by molar-refractivity contribution is 6.16. The lowest BCUT2D eigenvalue weighted by Gasteiger charge is -2.34. The van der Waals surface area contributed by atoms with Crippen molar-refractivity contribution in [2.75, 3.05) is 73.9 Å². The van der Waals surface area contributed by atoms with Crippen molar-refractivity contribution in [2.24, 2.45) is 13.0 Å². The van der Waals surface area contributed by atoms with Crippen molar-refractivity contribution in [1.29, 1.82) is 0 Å². The highest BCUT2D eigenvalue weighted by atomic mass is 16.5. The Morgan fingerprint density at radius 2 is 1.71 bits per heavy atom. The molecule has 13 heteroatoms. The van der Waals surface area contributed by atoms with Crippen molar-refractivity contribution in [1.82, 2.24) is 19.4 Å². The average Bonchev–Trinajstić information content (AvgIpc) is 3.59. The standard InChI is InChI=1S/C35H38N8O5/c1-40(2)34(45)22-9-12-42(13-10-22)27-8-11-36-33-31(27)23(21-41(33)3)18-29-32(44)26-19-24(4-6-28(26)48-29)38-35(46)39-25-5-7-30(37-20-25)43-14-16-47-17-15-43/h4-8,11,18-22H,9-10,12-17H2,1-3H3,(H2,38,39,46). The third-order valence-corrected chi connectivity index (χ3v) is 9.04. The normalized spacial score (nSPS) is 17.4. The van der Waals surface area contributed by atoms with E-state index in [-0.39, 0.29) is 23.4 Å². The van der Waals surface area contributed by atoms with E-state index in [0.717, 1.165) is 67.1 Å². The Hall–Kier alpha value is -5.43. The summed E-state index contributed by atoms with van der Waals surface area (Å²) in [4.78, 5) is 54.1. The number of ether oxygens (including phenoxy) is 2. The Labute approximate surface area is 278 Å². The molecule has 2 saturated heterocycles. The lowest BCUT2D eigenvalue weighted by molar-refractivity contribution is -0.133. The van der Waals surface area contributed by atoms with E-state index in [9.17, 15) is 14.4 Å². The third kappa shape index (κ3) is 6.16. The number of benzene rings is 1. The minimum Gasteiger partial charge on any atom is -0.452 e. The van der Waals surface area contributed by atoms with Gasteiger partial charge in [-0.2, -0.15) is 0 Å². The molecule has 0 atom stereocenters. The first kappa shape index (κ1) is 31.2. The molecule has 7 rings (SSSR count). The van der Waals surface area contributed by atoms with Gasteiger partial charge < -0.3 is 39.4 Å². The number of aromatic nitrogens is 3. The van der Waals surface area contributed by atoms with Gasteiger partial charge in [-0.25, -0.2) is 14.8 Å². The first-order valence-corrected chi connectivity index (χ1v) is 16.1. The van der Waals surface area contributed by atoms with Crippen LogP contribution in [0.1, 0.15) is 28.8 Å². The molecule has 6 heterocycles. The summed E-state index contributed by atoms with van der Waals surface area (Å²) in [6.45, 7) is 4.37. The number of morpholine rings is 1. The summed E-state index contributed by atoms with van der Waals surface area (Å²) in [7, 11) is 5.52. The fourth-order valence-corrected chi connectivity index (χ4v) is 6.57. The van der Waals surface area contributed by atoms with Gasteiger partial charge in [0.05, 0.1) is 30.7 Å².